The molecule has 2 aliphatic heterocycles. The highest BCUT2D eigenvalue weighted by atomic mass is 16.8. The fourth-order valence-electron chi connectivity index (χ4n) is 2.72. The van der Waals surface area contributed by atoms with Gasteiger partial charge in [-0.25, -0.2) is 10.5 Å². The summed E-state index contributed by atoms with van der Waals surface area (Å²) in [5, 5.41) is 1.96. The molecule has 0 spiro atoms. The predicted molar refractivity (Wildman–Crippen MR) is 73.4 cm³/mol. The third kappa shape index (κ3) is 2.60. The highest BCUT2D eigenvalue weighted by Gasteiger charge is 2.19. The Balaban J connectivity index is 1.47. The van der Waals surface area contributed by atoms with Crippen molar-refractivity contribution in [2.75, 3.05) is 36.7 Å². The summed E-state index contributed by atoms with van der Waals surface area (Å²) in [6.07, 6.45) is 5.29. The van der Waals surface area contributed by atoms with Crippen molar-refractivity contribution in [3.63, 3.8) is 0 Å². The molecule has 4 heteroatoms. The molecular weight excluding hydrogens is 226 g/mol. The Bertz CT molecular complexity index is 390. The van der Waals surface area contributed by atoms with Crippen molar-refractivity contribution in [2.24, 2.45) is 0 Å². The van der Waals surface area contributed by atoms with E-state index in [9.17, 15) is 0 Å². The van der Waals surface area contributed by atoms with Crippen LogP contribution in [0.15, 0.2) is 24.3 Å². The summed E-state index contributed by atoms with van der Waals surface area (Å²) < 4.78 is 0. The fraction of sp³-hybridized carbons (Fsp3) is 0.571. The molecule has 0 radical (unpaired) electrons. The van der Waals surface area contributed by atoms with Gasteiger partial charge in [-0.1, -0.05) is 18.6 Å². The first kappa shape index (κ1) is 11.8. The van der Waals surface area contributed by atoms with Gasteiger partial charge >= 0.3 is 0 Å². The van der Waals surface area contributed by atoms with E-state index in [0.29, 0.717) is 0 Å². The Hall–Kier alpha value is -1.26. The molecule has 0 atom stereocenters. The van der Waals surface area contributed by atoms with Crippen molar-refractivity contribution in [3.05, 3.63) is 24.3 Å². The number of rotatable bonds is 4. The molecule has 98 valence electrons. The number of hydroxylamine groups is 1. The maximum absolute atomic E-state index is 5.48. The number of hydrogen-bond acceptors (Lipinski definition) is 4. The molecule has 0 aliphatic carbocycles. The number of para-hydroxylation sites is 2. The first-order valence-corrected chi connectivity index (χ1v) is 6.95. The zero-order valence-corrected chi connectivity index (χ0v) is 10.8. The average molecular weight is 247 g/mol. The van der Waals surface area contributed by atoms with Crippen LogP contribution in [0.25, 0.3) is 0 Å². The predicted octanol–water partition coefficient (Wildman–Crippen LogP) is 2.64. The molecule has 2 heterocycles. The number of likely N-dealkylation sites (tertiary alicyclic amines) is 1. The summed E-state index contributed by atoms with van der Waals surface area (Å²) >= 11 is 0. The van der Waals surface area contributed by atoms with Gasteiger partial charge in [0.1, 0.15) is 0 Å². The minimum Gasteiger partial charge on any atom is -0.303 e. The van der Waals surface area contributed by atoms with Crippen LogP contribution in [-0.4, -0.2) is 31.1 Å². The molecule has 4 nitrogen and oxygen atoms in total. The first-order chi connectivity index (χ1) is 8.93. The number of hydrogen-bond donors (Lipinski definition) is 1. The van der Waals surface area contributed by atoms with E-state index in [1.165, 1.54) is 38.9 Å². The average Bonchev–Trinajstić information content (AvgIpc) is 2.84. The molecule has 0 saturated carbocycles. The Morgan fingerprint density at radius 1 is 1.06 bits per heavy atom. The Labute approximate surface area is 108 Å². The van der Waals surface area contributed by atoms with Gasteiger partial charge in [0.05, 0.1) is 11.4 Å². The van der Waals surface area contributed by atoms with Crippen LogP contribution < -0.4 is 10.5 Å². The summed E-state index contributed by atoms with van der Waals surface area (Å²) in [5.74, 6) is 0. The minimum atomic E-state index is 0.945. The van der Waals surface area contributed by atoms with Gasteiger partial charge in [0, 0.05) is 6.54 Å². The Morgan fingerprint density at radius 2 is 1.89 bits per heavy atom. The maximum atomic E-state index is 5.48. The van der Waals surface area contributed by atoms with Crippen molar-refractivity contribution in [3.8, 4) is 0 Å². The number of benzene rings is 1. The number of fused-ring (bicyclic) bond motifs is 1. The lowest BCUT2D eigenvalue weighted by molar-refractivity contribution is 0.169. The summed E-state index contributed by atoms with van der Waals surface area (Å²) in [5.41, 5.74) is 5.17. The molecule has 0 aromatic heterocycles. The summed E-state index contributed by atoms with van der Waals surface area (Å²) in [7, 11) is 0. The summed E-state index contributed by atoms with van der Waals surface area (Å²) in [6, 6.07) is 8.20. The van der Waals surface area contributed by atoms with E-state index in [-0.39, 0.29) is 0 Å². The highest BCUT2D eigenvalue weighted by molar-refractivity contribution is 5.70. The van der Waals surface area contributed by atoms with Gasteiger partial charge in [0.2, 0.25) is 0 Å². The molecule has 1 aromatic rings. The van der Waals surface area contributed by atoms with Gasteiger partial charge in [-0.15, -0.1) is 0 Å². The smallest absolute Gasteiger partial charge is 0.0916 e. The second kappa shape index (κ2) is 5.59. The molecule has 1 saturated heterocycles. The third-order valence-corrected chi connectivity index (χ3v) is 3.72. The van der Waals surface area contributed by atoms with Crippen LogP contribution in [0.3, 0.4) is 0 Å². The van der Waals surface area contributed by atoms with Crippen molar-refractivity contribution < 1.29 is 4.94 Å². The second-order valence-electron chi connectivity index (χ2n) is 5.07. The van der Waals surface area contributed by atoms with Crippen molar-refractivity contribution in [2.45, 2.75) is 25.7 Å². The largest absolute Gasteiger partial charge is 0.303 e. The highest BCUT2D eigenvalue weighted by Crippen LogP contribution is 2.31. The van der Waals surface area contributed by atoms with Crippen molar-refractivity contribution in [1.29, 1.82) is 0 Å². The standard InChI is InChI=1S/C14H21N3O/c1-4-9-16(10-5-1)11-6-12-17-14-8-3-2-7-13(14)15-18-17/h2-3,7-8,15H,1,4-6,9-12H2. The van der Waals surface area contributed by atoms with Gasteiger partial charge < -0.3 is 4.90 Å². The van der Waals surface area contributed by atoms with Gasteiger partial charge in [-0.05, 0) is 51.0 Å². The molecule has 1 fully saturated rings. The molecule has 1 N–H and O–H groups in total. The molecular formula is C14H21N3O. The van der Waals surface area contributed by atoms with Gasteiger partial charge in [-0.2, -0.15) is 4.94 Å². The van der Waals surface area contributed by atoms with Gasteiger partial charge in [0.15, 0.2) is 0 Å². The summed E-state index contributed by atoms with van der Waals surface area (Å²) in [4.78, 5) is 8.05. The first-order valence-electron chi connectivity index (χ1n) is 6.95. The summed E-state index contributed by atoms with van der Waals surface area (Å²) in [6.45, 7) is 4.67. The van der Waals surface area contributed by atoms with E-state index in [1.54, 1.807) is 0 Å². The lowest BCUT2D eigenvalue weighted by atomic mass is 10.1. The fourth-order valence-corrected chi connectivity index (χ4v) is 2.72. The topological polar surface area (TPSA) is 27.7 Å². The molecule has 0 bridgehead atoms. The van der Waals surface area contributed by atoms with E-state index >= 15 is 0 Å². The number of piperidine rings is 1. The monoisotopic (exact) mass is 247 g/mol. The number of nitrogens with zero attached hydrogens (tertiary/aromatic N) is 2. The van der Waals surface area contributed by atoms with Crippen molar-refractivity contribution in [1.82, 2.24) is 4.90 Å². The molecule has 18 heavy (non-hydrogen) atoms. The van der Waals surface area contributed by atoms with Crippen LogP contribution in [-0.2, 0) is 4.94 Å². The molecule has 0 unspecified atom stereocenters. The second-order valence-corrected chi connectivity index (χ2v) is 5.07. The van der Waals surface area contributed by atoms with E-state index < -0.39 is 0 Å². The SMILES string of the molecule is c1ccc2c(c1)NON2CCCN1CCCCC1. The van der Waals surface area contributed by atoms with Crippen LogP contribution >= 0.6 is 0 Å². The molecule has 2 aliphatic rings. The van der Waals surface area contributed by atoms with Crippen LogP contribution in [0, 0.1) is 0 Å². The van der Waals surface area contributed by atoms with Crippen LogP contribution in [0.1, 0.15) is 25.7 Å². The lowest BCUT2D eigenvalue weighted by Crippen LogP contribution is -2.33. The van der Waals surface area contributed by atoms with E-state index in [4.69, 9.17) is 4.94 Å². The Morgan fingerprint density at radius 3 is 2.78 bits per heavy atom. The van der Waals surface area contributed by atoms with E-state index in [2.05, 4.69) is 16.4 Å². The third-order valence-electron chi connectivity index (χ3n) is 3.72. The zero-order valence-electron chi connectivity index (χ0n) is 10.8. The van der Waals surface area contributed by atoms with E-state index in [0.717, 1.165) is 24.3 Å². The normalized spacial score (nSPS) is 19.7. The number of nitrogens with one attached hydrogen (secondary N) is 1. The van der Waals surface area contributed by atoms with Crippen LogP contribution in [0.4, 0.5) is 11.4 Å². The molecule has 3 rings (SSSR count). The molecule has 1 aromatic carbocycles. The molecule has 0 amide bonds. The number of anilines is 2. The van der Waals surface area contributed by atoms with Gasteiger partial charge in [-0.3, -0.25) is 0 Å². The van der Waals surface area contributed by atoms with Crippen LogP contribution in [0.5, 0.6) is 0 Å². The van der Waals surface area contributed by atoms with Crippen LogP contribution in [0.2, 0.25) is 0 Å². The lowest BCUT2D eigenvalue weighted by Gasteiger charge is -2.27. The quantitative estimate of drug-likeness (QED) is 0.885. The van der Waals surface area contributed by atoms with Gasteiger partial charge in [0.25, 0.3) is 0 Å². The zero-order chi connectivity index (χ0) is 12.2. The Kier molecular flexibility index (Phi) is 3.67. The maximum Gasteiger partial charge on any atom is 0.0916 e. The van der Waals surface area contributed by atoms with E-state index in [1.807, 2.05) is 23.3 Å². The van der Waals surface area contributed by atoms with Crippen molar-refractivity contribution >= 4 is 11.4 Å². The minimum absolute atomic E-state index is 0.945.